The maximum atomic E-state index is 5.04. The molecule has 0 spiro atoms. The van der Waals surface area contributed by atoms with Crippen LogP contribution in [0.4, 0.5) is 0 Å². The second-order valence-corrected chi connectivity index (χ2v) is 2.75. The van der Waals surface area contributed by atoms with E-state index in [9.17, 15) is 0 Å². The number of hydrogen-bond acceptors (Lipinski definition) is 2. The molecular formula is C11H14NO. The predicted molar refractivity (Wildman–Crippen MR) is 53.7 cm³/mol. The molecule has 0 aliphatic carbocycles. The van der Waals surface area contributed by atoms with E-state index in [2.05, 4.69) is 18.1 Å². The molecule has 0 saturated carbocycles. The molecule has 69 valence electrons. The second-order valence-electron chi connectivity index (χ2n) is 2.75. The first-order chi connectivity index (χ1) is 6.43. The lowest BCUT2D eigenvalue weighted by Gasteiger charge is -1.95. The standard InChI is InChI=1S/C11H14NO/c1-2-3-9-13-12-10-11-7-5-4-6-8-11/h5-8,10H,2-3,9H2,1H3/b12-10+. The van der Waals surface area contributed by atoms with Gasteiger partial charge in [-0.3, -0.25) is 0 Å². The number of benzene rings is 1. The first-order valence-electron chi connectivity index (χ1n) is 4.55. The van der Waals surface area contributed by atoms with Crippen LogP contribution in [0.15, 0.2) is 29.4 Å². The molecule has 0 aliphatic heterocycles. The molecule has 1 aromatic rings. The molecule has 1 radical (unpaired) electrons. The highest BCUT2D eigenvalue weighted by molar-refractivity contribution is 5.78. The Morgan fingerprint density at radius 1 is 1.46 bits per heavy atom. The first-order valence-corrected chi connectivity index (χ1v) is 4.55. The summed E-state index contributed by atoms with van der Waals surface area (Å²) in [5.41, 5.74) is 1.04. The summed E-state index contributed by atoms with van der Waals surface area (Å²) in [6.45, 7) is 2.83. The summed E-state index contributed by atoms with van der Waals surface area (Å²) in [6.07, 6.45) is 3.90. The third kappa shape index (κ3) is 4.31. The molecule has 2 nitrogen and oxygen atoms in total. The van der Waals surface area contributed by atoms with Crippen molar-refractivity contribution in [1.29, 1.82) is 0 Å². The lowest BCUT2D eigenvalue weighted by molar-refractivity contribution is 0.143. The molecular weight excluding hydrogens is 162 g/mol. The van der Waals surface area contributed by atoms with Crippen LogP contribution in [0.2, 0.25) is 0 Å². The minimum absolute atomic E-state index is 0.700. The van der Waals surface area contributed by atoms with E-state index in [4.69, 9.17) is 4.84 Å². The largest absolute Gasteiger partial charge is 0.396 e. The molecule has 0 bridgehead atoms. The zero-order valence-corrected chi connectivity index (χ0v) is 7.86. The van der Waals surface area contributed by atoms with Gasteiger partial charge in [0, 0.05) is 0 Å². The lowest BCUT2D eigenvalue weighted by Crippen LogP contribution is -1.87. The third-order valence-corrected chi connectivity index (χ3v) is 1.61. The molecule has 1 rings (SSSR count). The van der Waals surface area contributed by atoms with Crippen molar-refractivity contribution in [1.82, 2.24) is 0 Å². The summed E-state index contributed by atoms with van der Waals surface area (Å²) < 4.78 is 0. The Morgan fingerprint density at radius 3 is 2.92 bits per heavy atom. The van der Waals surface area contributed by atoms with Crippen LogP contribution in [0, 0.1) is 6.07 Å². The van der Waals surface area contributed by atoms with Crippen molar-refractivity contribution in [3.8, 4) is 0 Å². The SMILES string of the molecule is CCCCO/N=C/c1cc[c]cc1. The van der Waals surface area contributed by atoms with Gasteiger partial charge in [-0.05, 0) is 18.1 Å². The molecule has 0 N–H and O–H groups in total. The fourth-order valence-corrected chi connectivity index (χ4v) is 0.846. The summed E-state index contributed by atoms with van der Waals surface area (Å²) in [4.78, 5) is 5.04. The van der Waals surface area contributed by atoms with Gasteiger partial charge in [0.2, 0.25) is 0 Å². The molecule has 1 aromatic carbocycles. The van der Waals surface area contributed by atoms with Crippen molar-refractivity contribution >= 4 is 6.21 Å². The quantitative estimate of drug-likeness (QED) is 0.384. The van der Waals surface area contributed by atoms with Crippen molar-refractivity contribution in [2.45, 2.75) is 19.8 Å². The maximum absolute atomic E-state index is 5.04. The molecule has 0 atom stereocenters. The molecule has 0 heterocycles. The van der Waals surface area contributed by atoms with E-state index >= 15 is 0 Å². The van der Waals surface area contributed by atoms with Gasteiger partial charge in [-0.25, -0.2) is 0 Å². The molecule has 0 amide bonds. The highest BCUT2D eigenvalue weighted by Gasteiger charge is 1.84. The number of unbranched alkanes of at least 4 members (excludes halogenated alkanes) is 1. The molecule has 0 unspecified atom stereocenters. The number of hydrogen-bond donors (Lipinski definition) is 0. The molecule has 0 aromatic heterocycles. The van der Waals surface area contributed by atoms with Gasteiger partial charge in [0.25, 0.3) is 0 Å². The second kappa shape index (κ2) is 6.23. The van der Waals surface area contributed by atoms with E-state index in [0.717, 1.165) is 18.4 Å². The van der Waals surface area contributed by atoms with E-state index < -0.39 is 0 Å². The Bertz CT molecular complexity index is 244. The molecule has 0 saturated heterocycles. The van der Waals surface area contributed by atoms with Crippen molar-refractivity contribution < 1.29 is 4.84 Å². The Hall–Kier alpha value is -1.31. The average Bonchev–Trinajstić information content (AvgIpc) is 2.19. The van der Waals surface area contributed by atoms with Gasteiger partial charge in [0.05, 0.1) is 6.21 Å². The van der Waals surface area contributed by atoms with E-state index in [1.54, 1.807) is 6.21 Å². The van der Waals surface area contributed by atoms with Crippen LogP contribution in [0.3, 0.4) is 0 Å². The topological polar surface area (TPSA) is 21.6 Å². The Kier molecular flexibility index (Phi) is 4.69. The first kappa shape index (κ1) is 9.78. The highest BCUT2D eigenvalue weighted by atomic mass is 16.6. The molecule has 13 heavy (non-hydrogen) atoms. The van der Waals surface area contributed by atoms with Crippen molar-refractivity contribution in [3.63, 3.8) is 0 Å². The lowest BCUT2D eigenvalue weighted by atomic mass is 10.2. The molecule has 0 aliphatic rings. The van der Waals surface area contributed by atoms with Gasteiger partial charge >= 0.3 is 0 Å². The van der Waals surface area contributed by atoms with Gasteiger partial charge in [0.15, 0.2) is 0 Å². The van der Waals surface area contributed by atoms with Crippen LogP contribution in [0.1, 0.15) is 25.3 Å². The van der Waals surface area contributed by atoms with Crippen LogP contribution in [0.5, 0.6) is 0 Å². The summed E-state index contributed by atoms with van der Waals surface area (Å²) in [7, 11) is 0. The Balaban J connectivity index is 2.25. The van der Waals surface area contributed by atoms with E-state index in [1.165, 1.54) is 0 Å². The van der Waals surface area contributed by atoms with Crippen LogP contribution >= 0.6 is 0 Å². The highest BCUT2D eigenvalue weighted by Crippen LogP contribution is 1.94. The average molecular weight is 176 g/mol. The summed E-state index contributed by atoms with van der Waals surface area (Å²) in [6, 6.07) is 10.5. The minimum atomic E-state index is 0.700. The monoisotopic (exact) mass is 176 g/mol. The summed E-state index contributed by atoms with van der Waals surface area (Å²) in [5, 5.41) is 3.84. The Labute approximate surface area is 79.2 Å². The fraction of sp³-hybridized carbons (Fsp3) is 0.364. The molecule has 2 heteroatoms. The van der Waals surface area contributed by atoms with E-state index in [-0.39, 0.29) is 0 Å². The van der Waals surface area contributed by atoms with Crippen molar-refractivity contribution in [3.05, 3.63) is 35.9 Å². The smallest absolute Gasteiger partial charge is 0.117 e. The zero-order chi connectivity index (χ0) is 9.36. The number of rotatable bonds is 5. The van der Waals surface area contributed by atoms with Crippen molar-refractivity contribution in [2.75, 3.05) is 6.61 Å². The number of nitrogens with zero attached hydrogens (tertiary/aromatic N) is 1. The number of oxime groups is 1. The van der Waals surface area contributed by atoms with Gasteiger partial charge < -0.3 is 4.84 Å². The van der Waals surface area contributed by atoms with Crippen molar-refractivity contribution in [2.24, 2.45) is 5.16 Å². The minimum Gasteiger partial charge on any atom is -0.396 e. The van der Waals surface area contributed by atoms with E-state index in [1.807, 2.05) is 24.3 Å². The normalized spacial score (nSPS) is 10.5. The van der Waals surface area contributed by atoms with Gasteiger partial charge in [0.1, 0.15) is 6.61 Å². The molecule has 0 fully saturated rings. The third-order valence-electron chi connectivity index (χ3n) is 1.61. The maximum Gasteiger partial charge on any atom is 0.117 e. The fourth-order valence-electron chi connectivity index (χ4n) is 0.846. The summed E-state index contributed by atoms with van der Waals surface area (Å²) >= 11 is 0. The summed E-state index contributed by atoms with van der Waals surface area (Å²) in [5.74, 6) is 0. The zero-order valence-electron chi connectivity index (χ0n) is 7.86. The van der Waals surface area contributed by atoms with E-state index in [0.29, 0.717) is 6.61 Å². The van der Waals surface area contributed by atoms with Crippen LogP contribution in [-0.4, -0.2) is 12.8 Å². The van der Waals surface area contributed by atoms with Gasteiger partial charge in [-0.15, -0.1) is 0 Å². The van der Waals surface area contributed by atoms with Crippen LogP contribution < -0.4 is 0 Å². The van der Waals surface area contributed by atoms with Crippen LogP contribution in [-0.2, 0) is 4.84 Å². The Morgan fingerprint density at radius 2 is 2.23 bits per heavy atom. The predicted octanol–water partition coefficient (Wildman–Crippen LogP) is 2.64. The van der Waals surface area contributed by atoms with Gasteiger partial charge in [-0.1, -0.05) is 42.8 Å². The van der Waals surface area contributed by atoms with Gasteiger partial charge in [-0.2, -0.15) is 0 Å². The van der Waals surface area contributed by atoms with Crippen LogP contribution in [0.25, 0.3) is 0 Å².